The first-order valence-corrected chi connectivity index (χ1v) is 9.07. The standard InChI is InChI=1S/C22H22ClNO/c1-3-4-12-18-15-21(25)16(2)22(17-10-6-5-7-11-17)24(18)20-14-9-8-13-19(20)23/h5-11,13-15H,3-4,12H2,1-2H3. The fourth-order valence-electron chi connectivity index (χ4n) is 3.14. The SMILES string of the molecule is CCCCc1cc(=O)c(C)c(-c2ccccc2)n1-c1ccccc1Cl. The number of rotatable bonds is 5. The Hall–Kier alpha value is -2.32. The smallest absolute Gasteiger partial charge is 0.185 e. The molecule has 0 aliphatic carbocycles. The van der Waals surface area contributed by atoms with Crippen molar-refractivity contribution >= 4 is 11.6 Å². The number of aromatic nitrogens is 1. The van der Waals surface area contributed by atoms with Crippen molar-refractivity contribution in [3.05, 3.63) is 87.2 Å². The molecule has 0 bridgehead atoms. The molecule has 2 aromatic carbocycles. The monoisotopic (exact) mass is 351 g/mol. The van der Waals surface area contributed by atoms with Crippen molar-refractivity contribution in [1.29, 1.82) is 0 Å². The van der Waals surface area contributed by atoms with Gasteiger partial charge in [0.05, 0.1) is 16.4 Å². The van der Waals surface area contributed by atoms with E-state index in [2.05, 4.69) is 11.5 Å². The summed E-state index contributed by atoms with van der Waals surface area (Å²) in [6.07, 6.45) is 2.95. The summed E-state index contributed by atoms with van der Waals surface area (Å²) in [4.78, 5) is 12.6. The highest BCUT2D eigenvalue weighted by Crippen LogP contribution is 2.30. The number of halogens is 1. The van der Waals surface area contributed by atoms with Crippen LogP contribution in [0.15, 0.2) is 65.5 Å². The average Bonchev–Trinajstić information content (AvgIpc) is 2.63. The Bertz CT molecular complexity index is 929. The molecule has 0 spiro atoms. The molecule has 128 valence electrons. The van der Waals surface area contributed by atoms with Gasteiger partial charge in [-0.15, -0.1) is 0 Å². The maximum Gasteiger partial charge on any atom is 0.185 e. The summed E-state index contributed by atoms with van der Waals surface area (Å²) in [5, 5.41) is 0.681. The highest BCUT2D eigenvalue weighted by atomic mass is 35.5. The van der Waals surface area contributed by atoms with Crippen molar-refractivity contribution in [1.82, 2.24) is 4.57 Å². The molecule has 1 heterocycles. The molecule has 2 nitrogen and oxygen atoms in total. The van der Waals surface area contributed by atoms with Crippen LogP contribution in [-0.4, -0.2) is 4.57 Å². The molecule has 3 heteroatoms. The lowest BCUT2D eigenvalue weighted by molar-refractivity contribution is 0.751. The third-order valence-electron chi connectivity index (χ3n) is 4.46. The summed E-state index contributed by atoms with van der Waals surface area (Å²) in [5.41, 5.74) is 4.68. The van der Waals surface area contributed by atoms with E-state index < -0.39 is 0 Å². The van der Waals surface area contributed by atoms with E-state index in [0.29, 0.717) is 5.02 Å². The quantitative estimate of drug-likeness (QED) is 0.568. The van der Waals surface area contributed by atoms with Gasteiger partial charge >= 0.3 is 0 Å². The third-order valence-corrected chi connectivity index (χ3v) is 4.78. The van der Waals surface area contributed by atoms with Gasteiger partial charge in [0.2, 0.25) is 0 Å². The fraction of sp³-hybridized carbons (Fsp3) is 0.227. The van der Waals surface area contributed by atoms with Crippen LogP contribution in [0.25, 0.3) is 16.9 Å². The molecule has 25 heavy (non-hydrogen) atoms. The van der Waals surface area contributed by atoms with E-state index in [1.807, 2.05) is 61.5 Å². The second-order valence-corrected chi connectivity index (χ2v) is 6.64. The highest BCUT2D eigenvalue weighted by molar-refractivity contribution is 6.32. The van der Waals surface area contributed by atoms with Crippen LogP contribution in [0.1, 0.15) is 31.0 Å². The topological polar surface area (TPSA) is 22.0 Å². The zero-order valence-corrected chi connectivity index (χ0v) is 15.4. The van der Waals surface area contributed by atoms with E-state index in [0.717, 1.165) is 47.5 Å². The van der Waals surface area contributed by atoms with Crippen molar-refractivity contribution in [2.75, 3.05) is 0 Å². The lowest BCUT2D eigenvalue weighted by Gasteiger charge is -2.22. The Labute approximate surface area is 153 Å². The molecule has 0 fully saturated rings. The largest absolute Gasteiger partial charge is 0.312 e. The number of hydrogen-bond acceptors (Lipinski definition) is 1. The van der Waals surface area contributed by atoms with Crippen LogP contribution < -0.4 is 5.43 Å². The Morgan fingerprint density at radius 3 is 2.36 bits per heavy atom. The van der Waals surface area contributed by atoms with Gasteiger partial charge in [0.15, 0.2) is 5.43 Å². The number of pyridine rings is 1. The lowest BCUT2D eigenvalue weighted by Crippen LogP contribution is -2.18. The van der Waals surface area contributed by atoms with E-state index in [-0.39, 0.29) is 5.43 Å². The Balaban J connectivity index is 2.38. The molecule has 3 rings (SSSR count). The van der Waals surface area contributed by atoms with Crippen LogP contribution in [-0.2, 0) is 6.42 Å². The van der Waals surface area contributed by atoms with Crippen molar-refractivity contribution in [2.24, 2.45) is 0 Å². The van der Waals surface area contributed by atoms with Crippen LogP contribution in [0.4, 0.5) is 0 Å². The molecule has 0 saturated carbocycles. The summed E-state index contributed by atoms with van der Waals surface area (Å²) in [7, 11) is 0. The average molecular weight is 352 g/mol. The number of para-hydroxylation sites is 1. The lowest BCUT2D eigenvalue weighted by atomic mass is 10.0. The predicted molar refractivity (Wildman–Crippen MR) is 106 cm³/mol. The van der Waals surface area contributed by atoms with Gasteiger partial charge in [0.1, 0.15) is 0 Å². The van der Waals surface area contributed by atoms with Crippen LogP contribution in [0.3, 0.4) is 0 Å². The summed E-state index contributed by atoms with van der Waals surface area (Å²) in [6, 6.07) is 19.6. The molecule has 0 N–H and O–H groups in total. The van der Waals surface area contributed by atoms with Gasteiger partial charge in [0.25, 0.3) is 0 Å². The number of nitrogens with zero attached hydrogens (tertiary/aromatic N) is 1. The minimum atomic E-state index is 0.0771. The summed E-state index contributed by atoms with van der Waals surface area (Å²) >= 11 is 6.52. The minimum absolute atomic E-state index is 0.0771. The third kappa shape index (κ3) is 3.54. The fourth-order valence-corrected chi connectivity index (χ4v) is 3.36. The molecule has 3 aromatic rings. The summed E-state index contributed by atoms with van der Waals surface area (Å²) < 4.78 is 2.16. The Morgan fingerprint density at radius 1 is 1.00 bits per heavy atom. The van der Waals surface area contributed by atoms with E-state index in [4.69, 9.17) is 11.6 Å². The van der Waals surface area contributed by atoms with E-state index >= 15 is 0 Å². The maximum absolute atomic E-state index is 12.6. The molecule has 0 aliphatic rings. The molecule has 0 atom stereocenters. The first-order chi connectivity index (χ1) is 12.1. The zero-order valence-electron chi connectivity index (χ0n) is 14.6. The minimum Gasteiger partial charge on any atom is -0.312 e. The molecule has 0 unspecified atom stereocenters. The van der Waals surface area contributed by atoms with Gasteiger partial charge < -0.3 is 4.57 Å². The second-order valence-electron chi connectivity index (χ2n) is 6.23. The van der Waals surface area contributed by atoms with Crippen molar-refractivity contribution in [3.63, 3.8) is 0 Å². The van der Waals surface area contributed by atoms with Crippen LogP contribution in [0.2, 0.25) is 5.02 Å². The molecule has 0 amide bonds. The number of hydrogen-bond donors (Lipinski definition) is 0. The number of unbranched alkanes of at least 4 members (excludes halogenated alkanes) is 1. The van der Waals surface area contributed by atoms with Crippen molar-refractivity contribution in [2.45, 2.75) is 33.1 Å². The summed E-state index contributed by atoms with van der Waals surface area (Å²) in [6.45, 7) is 4.05. The zero-order chi connectivity index (χ0) is 17.8. The van der Waals surface area contributed by atoms with Crippen LogP contribution in [0.5, 0.6) is 0 Å². The maximum atomic E-state index is 12.6. The number of aryl methyl sites for hydroxylation is 1. The number of benzene rings is 2. The van der Waals surface area contributed by atoms with Crippen LogP contribution >= 0.6 is 11.6 Å². The molecular formula is C22H22ClNO. The van der Waals surface area contributed by atoms with Gasteiger partial charge in [-0.3, -0.25) is 4.79 Å². The normalized spacial score (nSPS) is 10.8. The van der Waals surface area contributed by atoms with Gasteiger partial charge in [-0.1, -0.05) is 67.4 Å². The first-order valence-electron chi connectivity index (χ1n) is 8.69. The molecular weight excluding hydrogens is 330 g/mol. The summed E-state index contributed by atoms with van der Waals surface area (Å²) in [5.74, 6) is 0. The van der Waals surface area contributed by atoms with Gasteiger partial charge in [-0.05, 0) is 37.5 Å². The van der Waals surface area contributed by atoms with E-state index in [9.17, 15) is 4.79 Å². The Kier molecular flexibility index (Phi) is 5.40. The molecule has 0 radical (unpaired) electrons. The molecule has 0 aliphatic heterocycles. The van der Waals surface area contributed by atoms with E-state index in [1.165, 1.54) is 0 Å². The van der Waals surface area contributed by atoms with Crippen LogP contribution in [0, 0.1) is 6.92 Å². The van der Waals surface area contributed by atoms with E-state index in [1.54, 1.807) is 6.07 Å². The highest BCUT2D eigenvalue weighted by Gasteiger charge is 2.17. The first kappa shape index (κ1) is 17.5. The van der Waals surface area contributed by atoms with Gasteiger partial charge in [-0.25, -0.2) is 0 Å². The predicted octanol–water partition coefficient (Wildman–Crippen LogP) is 5.81. The van der Waals surface area contributed by atoms with Crippen molar-refractivity contribution in [3.8, 4) is 16.9 Å². The molecule has 1 aromatic heterocycles. The van der Waals surface area contributed by atoms with Crippen molar-refractivity contribution < 1.29 is 0 Å². The Morgan fingerprint density at radius 2 is 1.68 bits per heavy atom. The molecule has 0 saturated heterocycles. The second kappa shape index (κ2) is 7.71. The van der Waals surface area contributed by atoms with Gasteiger partial charge in [0, 0.05) is 17.3 Å². The van der Waals surface area contributed by atoms with Gasteiger partial charge in [-0.2, -0.15) is 0 Å².